The third kappa shape index (κ3) is 8.93. The number of hydrogen-bond acceptors (Lipinski definition) is 4. The summed E-state index contributed by atoms with van der Waals surface area (Å²) >= 11 is 0. The molecule has 0 saturated carbocycles. The number of carbonyl (C=O) groups excluding carboxylic acids is 1. The van der Waals surface area contributed by atoms with Crippen LogP contribution < -0.4 is 14.8 Å². The van der Waals surface area contributed by atoms with Crippen molar-refractivity contribution in [3.05, 3.63) is 90.0 Å². The fraction of sp³-hybridized carbons (Fsp3) is 0.333. The number of amides is 2. The molecule has 3 aromatic carbocycles. The lowest BCUT2D eigenvalue weighted by molar-refractivity contribution is -0.153. The molecule has 1 atom stereocenters. The van der Waals surface area contributed by atoms with E-state index < -0.39 is 29.3 Å². The van der Waals surface area contributed by atoms with E-state index in [1.54, 1.807) is 53.4 Å². The van der Waals surface area contributed by atoms with Gasteiger partial charge in [0.05, 0.1) is 12.2 Å². The number of nitrogens with zero attached hydrogens (tertiary/aromatic N) is 1. The molecule has 0 saturated heterocycles. The first-order valence-electron chi connectivity index (χ1n) is 12.9. The number of nitrogens with one attached hydrogen (secondary N) is 1. The Labute approximate surface area is 231 Å². The van der Waals surface area contributed by atoms with Crippen molar-refractivity contribution in [3.8, 4) is 11.5 Å². The average Bonchev–Trinajstić information content (AvgIpc) is 2.91. The molecule has 0 fully saturated rings. The molecular weight excluding hydrogens is 525 g/mol. The van der Waals surface area contributed by atoms with Crippen molar-refractivity contribution in [1.82, 2.24) is 4.90 Å². The number of carboxylic acid groups (broad SMARTS) is 1. The van der Waals surface area contributed by atoms with Crippen LogP contribution in [0.3, 0.4) is 0 Å². The van der Waals surface area contributed by atoms with Crippen LogP contribution in [0.15, 0.2) is 78.9 Å². The second-order valence-electron chi connectivity index (χ2n) is 9.47. The minimum absolute atomic E-state index is 0.150. The summed E-state index contributed by atoms with van der Waals surface area (Å²) in [7, 11) is 0. The van der Waals surface area contributed by atoms with Crippen LogP contribution in [0.4, 0.5) is 23.7 Å². The largest absolute Gasteiger partial charge is 0.494 e. The highest BCUT2D eigenvalue weighted by Crippen LogP contribution is 2.30. The van der Waals surface area contributed by atoms with E-state index in [-0.39, 0.29) is 12.1 Å². The number of alkyl halides is 3. The van der Waals surface area contributed by atoms with Crippen LogP contribution in [-0.2, 0) is 17.4 Å². The topological polar surface area (TPSA) is 88.1 Å². The van der Waals surface area contributed by atoms with Gasteiger partial charge in [-0.3, -0.25) is 0 Å². The smallest absolute Gasteiger partial charge is 0.416 e. The van der Waals surface area contributed by atoms with Gasteiger partial charge in [-0.25, -0.2) is 9.59 Å². The Hall–Kier alpha value is -4.21. The number of carbonyl (C=O) groups is 2. The first-order valence-corrected chi connectivity index (χ1v) is 12.9. The summed E-state index contributed by atoms with van der Waals surface area (Å²) < 4.78 is 49.9. The van der Waals surface area contributed by atoms with Crippen LogP contribution in [0.25, 0.3) is 0 Å². The molecule has 2 N–H and O–H groups in total. The molecule has 0 aliphatic carbocycles. The van der Waals surface area contributed by atoms with Gasteiger partial charge in [-0.05, 0) is 73.9 Å². The molecule has 40 heavy (non-hydrogen) atoms. The Kier molecular flexibility index (Phi) is 10.4. The maximum absolute atomic E-state index is 12.8. The number of ether oxygens (including phenoxy) is 2. The van der Waals surface area contributed by atoms with Crippen LogP contribution in [0.5, 0.6) is 11.5 Å². The number of halogens is 3. The zero-order valence-electron chi connectivity index (χ0n) is 22.4. The van der Waals surface area contributed by atoms with E-state index in [1.165, 1.54) is 19.1 Å². The Balaban J connectivity index is 1.49. The van der Waals surface area contributed by atoms with Crippen molar-refractivity contribution in [1.29, 1.82) is 0 Å². The molecule has 214 valence electrons. The molecule has 3 aromatic rings. The van der Waals surface area contributed by atoms with E-state index in [1.807, 2.05) is 13.0 Å². The van der Waals surface area contributed by atoms with Gasteiger partial charge < -0.3 is 24.8 Å². The molecule has 0 unspecified atom stereocenters. The number of para-hydroxylation sites is 1. The molecule has 0 spiro atoms. The van der Waals surface area contributed by atoms with Crippen LogP contribution in [0.2, 0.25) is 0 Å². The Morgan fingerprint density at radius 3 is 2.12 bits per heavy atom. The van der Waals surface area contributed by atoms with Crippen molar-refractivity contribution in [2.45, 2.75) is 44.9 Å². The molecular formula is C30H33F3N2O5. The lowest BCUT2D eigenvalue weighted by Crippen LogP contribution is -2.43. The maximum Gasteiger partial charge on any atom is 0.416 e. The number of anilines is 1. The molecule has 0 radical (unpaired) electrons. The van der Waals surface area contributed by atoms with E-state index in [9.17, 15) is 27.9 Å². The lowest BCUT2D eigenvalue weighted by Gasteiger charge is -2.26. The fourth-order valence-electron chi connectivity index (χ4n) is 3.97. The molecule has 7 nitrogen and oxygen atoms in total. The number of hydrogen-bond donors (Lipinski definition) is 2. The molecule has 10 heteroatoms. The normalized spacial score (nSPS) is 12.7. The first kappa shape index (κ1) is 30.3. The average molecular weight is 559 g/mol. The molecule has 3 rings (SSSR count). The molecule has 2 amide bonds. The zero-order valence-corrected chi connectivity index (χ0v) is 22.4. The van der Waals surface area contributed by atoms with Crippen molar-refractivity contribution < 1.29 is 37.3 Å². The SMILES string of the molecule is CCCN(CCCOc1ccc(C[C@](C)(Oc2ccccc2)C(=O)O)cc1)C(=O)Nc1ccc(C(F)(F)F)cc1. The second-order valence-corrected chi connectivity index (χ2v) is 9.47. The minimum Gasteiger partial charge on any atom is -0.494 e. The third-order valence-corrected chi connectivity index (χ3v) is 6.09. The Morgan fingerprint density at radius 2 is 1.55 bits per heavy atom. The number of aliphatic carboxylic acids is 1. The standard InChI is InChI=1S/C30H33F3N2O5/c1-3-18-35(28(38)34-24-14-12-23(13-15-24)30(31,32)33)19-7-20-39-25-16-10-22(11-17-25)21-29(2,27(36)37)40-26-8-5-4-6-9-26/h4-6,8-17H,3,7,18-21H2,1-2H3,(H,34,38)(H,36,37)/t29-/m0/s1. The molecule has 0 aliphatic heterocycles. The zero-order chi connectivity index (χ0) is 29.2. The predicted molar refractivity (Wildman–Crippen MR) is 146 cm³/mol. The number of urea groups is 1. The number of carboxylic acids is 1. The summed E-state index contributed by atoms with van der Waals surface area (Å²) in [5.41, 5.74) is -1.18. The third-order valence-electron chi connectivity index (χ3n) is 6.09. The quantitative estimate of drug-likeness (QED) is 0.223. The summed E-state index contributed by atoms with van der Waals surface area (Å²) in [6.45, 7) is 4.66. The van der Waals surface area contributed by atoms with Crippen LogP contribution in [0.1, 0.15) is 37.8 Å². The number of rotatable bonds is 13. The van der Waals surface area contributed by atoms with E-state index in [0.29, 0.717) is 44.0 Å². The van der Waals surface area contributed by atoms with Gasteiger partial charge in [-0.2, -0.15) is 13.2 Å². The van der Waals surface area contributed by atoms with E-state index in [4.69, 9.17) is 9.47 Å². The van der Waals surface area contributed by atoms with Gasteiger partial charge in [0, 0.05) is 25.2 Å². The minimum atomic E-state index is -4.44. The highest BCUT2D eigenvalue weighted by atomic mass is 19.4. The molecule has 0 aromatic heterocycles. The van der Waals surface area contributed by atoms with Gasteiger partial charge in [0.25, 0.3) is 0 Å². The van der Waals surface area contributed by atoms with Gasteiger partial charge >= 0.3 is 18.2 Å². The van der Waals surface area contributed by atoms with Crippen LogP contribution in [0, 0.1) is 0 Å². The molecule has 0 bridgehead atoms. The lowest BCUT2D eigenvalue weighted by atomic mass is 9.96. The van der Waals surface area contributed by atoms with Gasteiger partial charge in [-0.1, -0.05) is 37.3 Å². The Bertz CT molecular complexity index is 1230. The van der Waals surface area contributed by atoms with Gasteiger partial charge in [-0.15, -0.1) is 0 Å². The van der Waals surface area contributed by atoms with E-state index in [0.717, 1.165) is 17.7 Å². The highest BCUT2D eigenvalue weighted by molar-refractivity contribution is 5.89. The Morgan fingerprint density at radius 1 is 0.900 bits per heavy atom. The van der Waals surface area contributed by atoms with E-state index in [2.05, 4.69) is 5.32 Å². The summed E-state index contributed by atoms with van der Waals surface area (Å²) in [5, 5.41) is 12.4. The summed E-state index contributed by atoms with van der Waals surface area (Å²) in [5.74, 6) is -0.00538. The van der Waals surface area contributed by atoms with Gasteiger partial charge in [0.15, 0.2) is 0 Å². The van der Waals surface area contributed by atoms with Crippen molar-refractivity contribution in [3.63, 3.8) is 0 Å². The van der Waals surface area contributed by atoms with Crippen LogP contribution >= 0.6 is 0 Å². The number of benzene rings is 3. The first-order chi connectivity index (χ1) is 19.0. The highest BCUT2D eigenvalue weighted by Gasteiger charge is 2.36. The molecule has 0 aliphatic rings. The summed E-state index contributed by atoms with van der Waals surface area (Å²) in [6, 6.07) is 19.8. The summed E-state index contributed by atoms with van der Waals surface area (Å²) in [6.07, 6.45) is -3.04. The van der Waals surface area contributed by atoms with Crippen molar-refractivity contribution >= 4 is 17.7 Å². The van der Waals surface area contributed by atoms with Gasteiger partial charge in [0.1, 0.15) is 11.5 Å². The molecule has 0 heterocycles. The monoisotopic (exact) mass is 558 g/mol. The van der Waals surface area contributed by atoms with Crippen LogP contribution in [-0.4, -0.2) is 47.3 Å². The maximum atomic E-state index is 12.8. The fourth-order valence-corrected chi connectivity index (χ4v) is 3.97. The van der Waals surface area contributed by atoms with E-state index >= 15 is 0 Å². The van der Waals surface area contributed by atoms with Crippen molar-refractivity contribution in [2.24, 2.45) is 0 Å². The second kappa shape index (κ2) is 13.7. The van der Waals surface area contributed by atoms with Crippen molar-refractivity contribution in [2.75, 3.05) is 25.0 Å². The summed E-state index contributed by atoms with van der Waals surface area (Å²) in [4.78, 5) is 26.2. The predicted octanol–water partition coefficient (Wildman–Crippen LogP) is 6.88. The van der Waals surface area contributed by atoms with Gasteiger partial charge in [0.2, 0.25) is 5.60 Å².